The molecule has 0 saturated carbocycles. The number of nitrogens with zero attached hydrogens (tertiary/aromatic N) is 1. The van der Waals surface area contributed by atoms with Crippen molar-refractivity contribution in [3.8, 4) is 0 Å². The Labute approximate surface area is 96.0 Å². The molecule has 0 aromatic heterocycles. The van der Waals surface area contributed by atoms with Gasteiger partial charge in [0.05, 0.1) is 6.54 Å². The van der Waals surface area contributed by atoms with Crippen molar-refractivity contribution >= 4 is 23.4 Å². The molecule has 0 aliphatic heterocycles. The smallest absolute Gasteiger partial charge is 0.239 e. The van der Waals surface area contributed by atoms with Crippen molar-refractivity contribution in [3.63, 3.8) is 0 Å². The summed E-state index contributed by atoms with van der Waals surface area (Å²) in [6.07, 6.45) is 3.21. The molecule has 0 unspecified atom stereocenters. The van der Waals surface area contributed by atoms with Crippen LogP contribution in [0.25, 0.3) is 0 Å². The number of hydrogen-bond acceptors (Lipinski definition) is 2. The molecule has 15 heavy (non-hydrogen) atoms. The molecule has 0 rings (SSSR count). The number of rotatable bonds is 7. The van der Waals surface area contributed by atoms with Gasteiger partial charge < -0.3 is 10.2 Å². The van der Waals surface area contributed by atoms with Crippen LogP contribution < -0.4 is 5.32 Å². The van der Waals surface area contributed by atoms with Crippen LogP contribution in [-0.4, -0.2) is 42.7 Å². The Morgan fingerprint density at radius 1 is 1.33 bits per heavy atom. The Hall–Kier alpha value is -0.770. The zero-order chi connectivity index (χ0) is 11.7. The van der Waals surface area contributed by atoms with Gasteiger partial charge in [-0.25, -0.2) is 0 Å². The van der Waals surface area contributed by atoms with Crippen LogP contribution in [0.15, 0.2) is 0 Å². The van der Waals surface area contributed by atoms with Crippen LogP contribution in [0.2, 0.25) is 0 Å². The first kappa shape index (κ1) is 14.2. The fraction of sp³-hybridized carbons (Fsp3) is 0.800. The summed E-state index contributed by atoms with van der Waals surface area (Å²) in [7, 11) is 1.57. The predicted molar refractivity (Wildman–Crippen MR) is 60.9 cm³/mol. The Balaban J connectivity index is 3.60. The molecule has 0 heterocycles. The zero-order valence-electron chi connectivity index (χ0n) is 9.38. The van der Waals surface area contributed by atoms with Gasteiger partial charge in [0.25, 0.3) is 0 Å². The molecule has 1 N–H and O–H groups in total. The topological polar surface area (TPSA) is 49.4 Å². The van der Waals surface area contributed by atoms with Gasteiger partial charge in [0.15, 0.2) is 0 Å². The van der Waals surface area contributed by atoms with Crippen molar-refractivity contribution in [2.75, 3.05) is 26.0 Å². The van der Waals surface area contributed by atoms with Gasteiger partial charge in [0, 0.05) is 13.6 Å². The average Bonchev–Trinajstić information content (AvgIpc) is 2.23. The molecule has 5 heteroatoms. The van der Waals surface area contributed by atoms with Gasteiger partial charge in [-0.05, 0) is 6.42 Å². The van der Waals surface area contributed by atoms with Crippen molar-refractivity contribution in [1.82, 2.24) is 10.2 Å². The van der Waals surface area contributed by atoms with Crippen LogP contribution in [0.1, 0.15) is 26.2 Å². The van der Waals surface area contributed by atoms with Gasteiger partial charge >= 0.3 is 0 Å². The maximum Gasteiger partial charge on any atom is 0.239 e. The molecule has 0 radical (unpaired) electrons. The van der Waals surface area contributed by atoms with E-state index in [9.17, 15) is 9.59 Å². The molecule has 2 amide bonds. The summed E-state index contributed by atoms with van der Waals surface area (Å²) >= 11 is 5.35. The average molecular weight is 235 g/mol. The van der Waals surface area contributed by atoms with Gasteiger partial charge in [0.1, 0.15) is 5.88 Å². The summed E-state index contributed by atoms with van der Waals surface area (Å²) in [5, 5.41) is 2.75. The van der Waals surface area contributed by atoms with E-state index in [2.05, 4.69) is 12.2 Å². The van der Waals surface area contributed by atoms with E-state index in [1.807, 2.05) is 0 Å². The van der Waals surface area contributed by atoms with E-state index < -0.39 is 0 Å². The highest BCUT2D eigenvalue weighted by Gasteiger charge is 2.10. The summed E-state index contributed by atoms with van der Waals surface area (Å²) in [6.45, 7) is 2.86. The minimum absolute atomic E-state index is 0.0810. The van der Waals surface area contributed by atoms with E-state index in [-0.39, 0.29) is 24.2 Å². The lowest BCUT2D eigenvalue weighted by molar-refractivity contribution is -0.132. The Morgan fingerprint density at radius 3 is 2.53 bits per heavy atom. The third-order valence-corrected chi connectivity index (χ3v) is 2.25. The van der Waals surface area contributed by atoms with E-state index >= 15 is 0 Å². The van der Waals surface area contributed by atoms with Crippen molar-refractivity contribution < 1.29 is 9.59 Å². The van der Waals surface area contributed by atoms with Gasteiger partial charge in [-0.15, -0.1) is 11.6 Å². The van der Waals surface area contributed by atoms with Crippen molar-refractivity contribution in [2.45, 2.75) is 26.2 Å². The third kappa shape index (κ3) is 7.19. The number of unbranched alkanes of at least 4 members (excludes halogenated alkanes) is 2. The SMILES string of the molecule is CCCCCNC(=O)CN(C)C(=O)CCl. The summed E-state index contributed by atoms with van der Waals surface area (Å²) in [4.78, 5) is 23.6. The molecule has 0 aromatic rings. The minimum atomic E-state index is -0.236. The van der Waals surface area contributed by atoms with Crippen LogP contribution in [0, 0.1) is 0 Å². The second-order valence-electron chi connectivity index (χ2n) is 3.44. The van der Waals surface area contributed by atoms with Crippen LogP contribution in [-0.2, 0) is 9.59 Å². The van der Waals surface area contributed by atoms with Gasteiger partial charge in [-0.1, -0.05) is 19.8 Å². The molecule has 0 fully saturated rings. The van der Waals surface area contributed by atoms with Crippen molar-refractivity contribution in [3.05, 3.63) is 0 Å². The molecule has 0 aromatic carbocycles. The highest BCUT2D eigenvalue weighted by molar-refractivity contribution is 6.27. The second-order valence-corrected chi connectivity index (χ2v) is 3.71. The number of alkyl halides is 1. The van der Waals surface area contributed by atoms with Crippen LogP contribution in [0.5, 0.6) is 0 Å². The van der Waals surface area contributed by atoms with Crippen LogP contribution in [0.3, 0.4) is 0 Å². The fourth-order valence-electron chi connectivity index (χ4n) is 1.06. The lowest BCUT2D eigenvalue weighted by atomic mass is 10.2. The lowest BCUT2D eigenvalue weighted by Gasteiger charge is -2.15. The largest absolute Gasteiger partial charge is 0.355 e. The standard InChI is InChI=1S/C10H19ClN2O2/c1-3-4-5-6-12-9(14)8-13(2)10(15)7-11/h3-8H2,1-2H3,(H,12,14). The Kier molecular flexibility index (Phi) is 8.09. The van der Waals surface area contributed by atoms with Gasteiger partial charge in [0.2, 0.25) is 11.8 Å². The van der Waals surface area contributed by atoms with E-state index in [4.69, 9.17) is 11.6 Å². The van der Waals surface area contributed by atoms with Crippen LogP contribution >= 0.6 is 11.6 Å². The molecule has 0 atom stereocenters. The van der Waals surface area contributed by atoms with Gasteiger partial charge in [-0.2, -0.15) is 0 Å². The number of likely N-dealkylation sites (N-methyl/N-ethyl adjacent to an activating group) is 1. The maximum atomic E-state index is 11.3. The Morgan fingerprint density at radius 2 is 2.00 bits per heavy atom. The molecule has 88 valence electrons. The molecule has 0 saturated heterocycles. The molecule has 4 nitrogen and oxygen atoms in total. The highest BCUT2D eigenvalue weighted by Crippen LogP contribution is 1.92. The first-order chi connectivity index (χ1) is 7.11. The number of carbonyl (C=O) groups is 2. The third-order valence-electron chi connectivity index (χ3n) is 2.02. The quantitative estimate of drug-likeness (QED) is 0.528. The number of carbonyl (C=O) groups excluding carboxylic acids is 2. The number of nitrogens with one attached hydrogen (secondary N) is 1. The fourth-order valence-corrected chi connectivity index (χ4v) is 1.27. The normalized spacial score (nSPS) is 9.80. The molecule has 0 spiro atoms. The molecule has 0 bridgehead atoms. The van der Waals surface area contributed by atoms with E-state index in [1.165, 1.54) is 4.90 Å². The zero-order valence-corrected chi connectivity index (χ0v) is 10.1. The summed E-state index contributed by atoms with van der Waals surface area (Å²) < 4.78 is 0. The van der Waals surface area contributed by atoms with Crippen molar-refractivity contribution in [2.24, 2.45) is 0 Å². The molecular weight excluding hydrogens is 216 g/mol. The van der Waals surface area contributed by atoms with Gasteiger partial charge in [-0.3, -0.25) is 9.59 Å². The van der Waals surface area contributed by atoms with E-state index in [0.717, 1.165) is 19.3 Å². The van der Waals surface area contributed by atoms with Crippen LogP contribution in [0.4, 0.5) is 0 Å². The summed E-state index contributed by atoms with van der Waals surface area (Å²) in [5.41, 5.74) is 0. The number of hydrogen-bond donors (Lipinski definition) is 1. The Bertz CT molecular complexity index is 210. The first-order valence-corrected chi connectivity index (χ1v) is 5.71. The number of amides is 2. The molecular formula is C10H19ClN2O2. The van der Waals surface area contributed by atoms with E-state index in [1.54, 1.807) is 7.05 Å². The highest BCUT2D eigenvalue weighted by atomic mass is 35.5. The maximum absolute atomic E-state index is 11.3. The minimum Gasteiger partial charge on any atom is -0.355 e. The number of halogens is 1. The monoisotopic (exact) mass is 234 g/mol. The first-order valence-electron chi connectivity index (χ1n) is 5.18. The van der Waals surface area contributed by atoms with Crippen molar-refractivity contribution in [1.29, 1.82) is 0 Å². The molecule has 0 aliphatic carbocycles. The predicted octanol–water partition coefficient (Wildman–Crippen LogP) is 0.990. The second kappa shape index (κ2) is 8.53. The summed E-state index contributed by atoms with van der Waals surface area (Å²) in [6, 6.07) is 0. The van der Waals surface area contributed by atoms with E-state index in [0.29, 0.717) is 6.54 Å². The molecule has 0 aliphatic rings. The lowest BCUT2D eigenvalue weighted by Crippen LogP contribution is -2.39. The summed E-state index contributed by atoms with van der Waals surface area (Å²) in [5.74, 6) is -0.452.